The molecule has 0 saturated carbocycles. The molecule has 2 heterocycles. The minimum Gasteiger partial charge on any atom is -0.465 e. The van der Waals surface area contributed by atoms with Crippen LogP contribution in [0.3, 0.4) is 0 Å². The van der Waals surface area contributed by atoms with Crippen molar-refractivity contribution in [3.05, 3.63) is 61.7 Å². The quantitative estimate of drug-likeness (QED) is 0.494. The molecule has 0 atom stereocenters. The van der Waals surface area contributed by atoms with Crippen molar-refractivity contribution < 1.29 is 9.53 Å². The zero-order valence-corrected chi connectivity index (χ0v) is 15.2. The van der Waals surface area contributed by atoms with Gasteiger partial charge in [0.05, 0.1) is 30.2 Å². The lowest BCUT2D eigenvalue weighted by Gasteiger charge is -2.15. The molecule has 3 aromatic rings. The largest absolute Gasteiger partial charge is 0.465 e. The van der Waals surface area contributed by atoms with E-state index < -0.39 is 11.5 Å². The minimum absolute atomic E-state index is 0.120. The third-order valence-electron chi connectivity index (χ3n) is 3.72. The average molecular weight is 435 g/mol. The first-order chi connectivity index (χ1) is 11.4. The van der Waals surface area contributed by atoms with E-state index in [1.807, 2.05) is 19.1 Å². The molecule has 0 fully saturated rings. The van der Waals surface area contributed by atoms with Gasteiger partial charge in [0.1, 0.15) is 5.56 Å². The predicted molar refractivity (Wildman–Crippen MR) is 101 cm³/mol. The molecule has 1 aromatic carbocycles. The summed E-state index contributed by atoms with van der Waals surface area (Å²) in [6.45, 7) is 1.86. The SMILES string of the molecule is COC(=O)c1c(N)c2ccc(I)cc2n(-c2ccc(C)nc2)c1=O. The first-order valence-corrected chi connectivity index (χ1v) is 8.17. The van der Waals surface area contributed by atoms with Crippen LogP contribution in [0.4, 0.5) is 5.69 Å². The molecule has 2 aromatic heterocycles. The van der Waals surface area contributed by atoms with Crippen molar-refractivity contribution >= 4 is 45.2 Å². The summed E-state index contributed by atoms with van der Waals surface area (Å²) in [6, 6.07) is 9.07. The summed E-state index contributed by atoms with van der Waals surface area (Å²) in [7, 11) is 1.22. The van der Waals surface area contributed by atoms with Crippen molar-refractivity contribution in [3.8, 4) is 5.69 Å². The summed E-state index contributed by atoms with van der Waals surface area (Å²) >= 11 is 2.16. The zero-order valence-electron chi connectivity index (χ0n) is 13.0. The topological polar surface area (TPSA) is 87.2 Å². The van der Waals surface area contributed by atoms with E-state index in [4.69, 9.17) is 10.5 Å². The Kier molecular flexibility index (Phi) is 4.27. The number of carbonyl (C=O) groups is 1. The van der Waals surface area contributed by atoms with Gasteiger partial charge in [0, 0.05) is 14.7 Å². The maximum Gasteiger partial charge on any atom is 0.345 e. The van der Waals surface area contributed by atoms with Gasteiger partial charge in [-0.3, -0.25) is 14.3 Å². The number of aromatic nitrogens is 2. The molecule has 0 unspecified atom stereocenters. The van der Waals surface area contributed by atoms with Gasteiger partial charge >= 0.3 is 5.97 Å². The number of hydrogen-bond donors (Lipinski definition) is 1. The molecule has 0 aliphatic rings. The Bertz CT molecular complexity index is 1010. The lowest BCUT2D eigenvalue weighted by molar-refractivity contribution is 0.0600. The van der Waals surface area contributed by atoms with Crippen molar-refractivity contribution in [2.45, 2.75) is 6.92 Å². The molecule has 7 heteroatoms. The molecule has 3 rings (SSSR count). The van der Waals surface area contributed by atoms with Crippen LogP contribution in [0.5, 0.6) is 0 Å². The van der Waals surface area contributed by atoms with Crippen LogP contribution in [-0.2, 0) is 4.74 Å². The van der Waals surface area contributed by atoms with Crippen LogP contribution < -0.4 is 11.3 Å². The van der Waals surface area contributed by atoms with Crippen LogP contribution in [0.2, 0.25) is 0 Å². The number of nitrogen functional groups attached to an aromatic ring is 1. The molecule has 0 radical (unpaired) electrons. The van der Waals surface area contributed by atoms with E-state index >= 15 is 0 Å². The first kappa shape index (κ1) is 16.4. The maximum atomic E-state index is 13.0. The van der Waals surface area contributed by atoms with Crippen LogP contribution in [0.1, 0.15) is 16.1 Å². The first-order valence-electron chi connectivity index (χ1n) is 7.09. The van der Waals surface area contributed by atoms with Gasteiger partial charge in [-0.15, -0.1) is 0 Å². The summed E-state index contributed by atoms with van der Waals surface area (Å²) < 4.78 is 7.11. The highest BCUT2D eigenvalue weighted by Crippen LogP contribution is 2.26. The maximum absolute atomic E-state index is 13.0. The standard InChI is InChI=1S/C17H14IN3O3/c1-9-3-5-11(8-20-9)21-13-7-10(18)4-6-12(13)15(19)14(16(21)22)17(23)24-2/h3-8H,19H2,1-2H3. The molecule has 0 amide bonds. The molecular weight excluding hydrogens is 421 g/mol. The number of anilines is 1. The number of esters is 1. The number of fused-ring (bicyclic) bond motifs is 1. The van der Waals surface area contributed by atoms with Gasteiger partial charge in [0.2, 0.25) is 0 Å². The molecule has 122 valence electrons. The number of rotatable bonds is 2. The second kappa shape index (κ2) is 6.23. The fourth-order valence-electron chi connectivity index (χ4n) is 2.54. The summed E-state index contributed by atoms with van der Waals surface area (Å²) in [5, 5.41) is 0.607. The number of benzene rings is 1. The smallest absolute Gasteiger partial charge is 0.345 e. The van der Waals surface area contributed by atoms with Crippen molar-refractivity contribution in [1.29, 1.82) is 0 Å². The number of nitrogens with zero attached hydrogens (tertiary/aromatic N) is 2. The van der Waals surface area contributed by atoms with Crippen molar-refractivity contribution in [3.63, 3.8) is 0 Å². The summed E-state index contributed by atoms with van der Waals surface area (Å²) in [5.41, 5.74) is 7.50. The van der Waals surface area contributed by atoms with Crippen molar-refractivity contribution in [2.75, 3.05) is 12.8 Å². The second-order valence-electron chi connectivity index (χ2n) is 5.24. The number of hydrogen-bond acceptors (Lipinski definition) is 5. The van der Waals surface area contributed by atoms with Gasteiger partial charge in [0.25, 0.3) is 5.56 Å². The van der Waals surface area contributed by atoms with E-state index in [0.717, 1.165) is 9.26 Å². The number of pyridine rings is 2. The summed E-state index contributed by atoms with van der Waals surface area (Å²) in [5.74, 6) is -0.758. The van der Waals surface area contributed by atoms with Gasteiger partial charge in [-0.05, 0) is 59.8 Å². The van der Waals surface area contributed by atoms with Crippen LogP contribution >= 0.6 is 22.6 Å². The van der Waals surface area contributed by atoms with Gasteiger partial charge in [-0.1, -0.05) is 0 Å². The van der Waals surface area contributed by atoms with Crippen LogP contribution in [0, 0.1) is 10.5 Å². The lowest BCUT2D eigenvalue weighted by Crippen LogP contribution is -2.28. The van der Waals surface area contributed by atoms with E-state index in [1.54, 1.807) is 24.4 Å². The number of aryl methyl sites for hydroxylation is 1. The molecule has 0 aliphatic heterocycles. The minimum atomic E-state index is -0.758. The van der Waals surface area contributed by atoms with Crippen LogP contribution in [0.25, 0.3) is 16.6 Å². The Balaban J connectivity index is 2.50. The Morgan fingerprint density at radius 3 is 2.67 bits per heavy atom. The number of nitrogens with two attached hydrogens (primary N) is 1. The number of carbonyl (C=O) groups excluding carboxylic acids is 1. The second-order valence-corrected chi connectivity index (χ2v) is 6.49. The average Bonchev–Trinajstić information content (AvgIpc) is 2.56. The number of halogens is 1. The molecule has 6 nitrogen and oxygen atoms in total. The van der Waals surface area contributed by atoms with E-state index in [-0.39, 0.29) is 11.3 Å². The predicted octanol–water partition coefficient (Wildman–Crippen LogP) is 2.67. The molecule has 2 N–H and O–H groups in total. The Labute approximate surface area is 151 Å². The number of ether oxygens (including phenoxy) is 1. The Morgan fingerprint density at radius 2 is 2.04 bits per heavy atom. The van der Waals surface area contributed by atoms with Crippen molar-refractivity contribution in [1.82, 2.24) is 9.55 Å². The molecule has 0 aliphatic carbocycles. The highest BCUT2D eigenvalue weighted by molar-refractivity contribution is 14.1. The van der Waals surface area contributed by atoms with E-state index in [0.29, 0.717) is 16.6 Å². The fraction of sp³-hybridized carbons (Fsp3) is 0.118. The van der Waals surface area contributed by atoms with Gasteiger partial charge in [0.15, 0.2) is 0 Å². The third kappa shape index (κ3) is 2.64. The highest BCUT2D eigenvalue weighted by Gasteiger charge is 2.22. The van der Waals surface area contributed by atoms with E-state index in [1.165, 1.54) is 11.7 Å². The van der Waals surface area contributed by atoms with Crippen molar-refractivity contribution in [2.24, 2.45) is 0 Å². The Morgan fingerprint density at radius 1 is 1.29 bits per heavy atom. The van der Waals surface area contributed by atoms with Gasteiger partial charge in [-0.2, -0.15) is 0 Å². The molecule has 0 saturated heterocycles. The normalized spacial score (nSPS) is 10.8. The monoisotopic (exact) mass is 435 g/mol. The molecule has 0 bridgehead atoms. The highest BCUT2D eigenvalue weighted by atomic mass is 127. The molecule has 0 spiro atoms. The lowest BCUT2D eigenvalue weighted by atomic mass is 10.1. The third-order valence-corrected chi connectivity index (χ3v) is 4.39. The Hall–Kier alpha value is -2.42. The number of methoxy groups -OCH3 is 1. The van der Waals surface area contributed by atoms with E-state index in [9.17, 15) is 9.59 Å². The zero-order chi connectivity index (χ0) is 17.4. The summed E-state index contributed by atoms with van der Waals surface area (Å²) in [6.07, 6.45) is 1.59. The summed E-state index contributed by atoms with van der Waals surface area (Å²) in [4.78, 5) is 29.3. The van der Waals surface area contributed by atoms with E-state index in [2.05, 4.69) is 27.6 Å². The molecular formula is C17H14IN3O3. The van der Waals surface area contributed by atoms with Gasteiger partial charge < -0.3 is 10.5 Å². The van der Waals surface area contributed by atoms with Gasteiger partial charge in [-0.25, -0.2) is 4.79 Å². The fourth-order valence-corrected chi connectivity index (χ4v) is 3.01. The molecule has 24 heavy (non-hydrogen) atoms. The van der Waals surface area contributed by atoms with Crippen LogP contribution in [-0.4, -0.2) is 22.6 Å². The van der Waals surface area contributed by atoms with Crippen LogP contribution in [0.15, 0.2) is 41.3 Å².